The van der Waals surface area contributed by atoms with Crippen LogP contribution in [0.4, 0.5) is 8.78 Å². The molecule has 0 bridgehead atoms. The molecule has 0 atom stereocenters. The predicted molar refractivity (Wildman–Crippen MR) is 45.0 cm³/mol. The molecule has 0 aliphatic heterocycles. The van der Waals surface area contributed by atoms with Crippen LogP contribution in [0.5, 0.6) is 0 Å². The summed E-state index contributed by atoms with van der Waals surface area (Å²) in [5.41, 5.74) is 0.0900. The lowest BCUT2D eigenvalue weighted by Crippen LogP contribution is -2.11. The Hall–Kier alpha value is -1.43. The average molecular weight is 180 g/mol. The van der Waals surface area contributed by atoms with Crippen molar-refractivity contribution in [1.29, 1.82) is 5.26 Å². The molecule has 1 rings (SSSR count). The van der Waals surface area contributed by atoms with E-state index in [1.165, 1.54) is 24.3 Å². The van der Waals surface area contributed by atoms with Gasteiger partial charge in [-0.3, -0.25) is 0 Å². The number of halogens is 2. The summed E-state index contributed by atoms with van der Waals surface area (Å²) in [7, 11) is 0. The molecule has 3 heteroatoms. The molecule has 0 amide bonds. The highest BCUT2D eigenvalue weighted by Gasteiger charge is 2.28. The molecular formula is C10H8F2N. The van der Waals surface area contributed by atoms with E-state index in [0.717, 1.165) is 0 Å². The first-order valence-electron chi connectivity index (χ1n) is 3.78. The fraction of sp³-hybridized carbons (Fsp3) is 0.200. The zero-order valence-electron chi connectivity index (χ0n) is 6.93. The summed E-state index contributed by atoms with van der Waals surface area (Å²) in [6.45, 7) is 3.16. The Morgan fingerprint density at radius 2 is 2.15 bits per heavy atom. The minimum absolute atomic E-state index is 0.151. The first kappa shape index (κ1) is 9.66. The lowest BCUT2D eigenvalue weighted by Gasteiger charge is -2.13. The monoisotopic (exact) mass is 180 g/mol. The number of hydrogen-bond acceptors (Lipinski definition) is 1. The number of rotatable bonds is 2. The molecule has 0 heterocycles. The van der Waals surface area contributed by atoms with Crippen molar-refractivity contribution in [1.82, 2.24) is 0 Å². The van der Waals surface area contributed by atoms with E-state index in [0.29, 0.717) is 0 Å². The highest BCUT2D eigenvalue weighted by molar-refractivity contribution is 5.34. The largest absolute Gasteiger partial charge is 0.273 e. The van der Waals surface area contributed by atoms with Crippen LogP contribution in [0.2, 0.25) is 0 Å². The smallest absolute Gasteiger partial charge is 0.201 e. The highest BCUT2D eigenvalue weighted by Crippen LogP contribution is 2.31. The quantitative estimate of drug-likeness (QED) is 0.686. The topological polar surface area (TPSA) is 23.8 Å². The van der Waals surface area contributed by atoms with Crippen LogP contribution in [0.15, 0.2) is 24.3 Å². The molecule has 1 aromatic rings. The van der Waals surface area contributed by atoms with Crippen LogP contribution in [0, 0.1) is 18.3 Å². The Bertz CT molecular complexity index is 339. The Morgan fingerprint density at radius 3 is 2.69 bits per heavy atom. The average Bonchev–Trinajstić information content (AvgIpc) is 2.18. The normalized spacial score (nSPS) is 10.9. The standard InChI is InChI=1S/C10H8F2N/c1-2-10(11,12)9-5-3-4-8(6-9)7-13/h3-6H,1-2H2. The molecule has 0 aromatic heterocycles. The third kappa shape index (κ3) is 2.03. The van der Waals surface area contributed by atoms with Crippen LogP contribution < -0.4 is 0 Å². The number of hydrogen-bond donors (Lipinski definition) is 0. The van der Waals surface area contributed by atoms with Crippen molar-refractivity contribution in [2.24, 2.45) is 0 Å². The van der Waals surface area contributed by atoms with Crippen molar-refractivity contribution in [2.75, 3.05) is 0 Å². The second-order valence-corrected chi connectivity index (χ2v) is 2.65. The second kappa shape index (κ2) is 3.53. The van der Waals surface area contributed by atoms with Gasteiger partial charge in [-0.05, 0) is 19.1 Å². The highest BCUT2D eigenvalue weighted by atomic mass is 19.3. The predicted octanol–water partition coefficient (Wildman–Crippen LogP) is 2.87. The Labute approximate surface area is 75.6 Å². The zero-order valence-corrected chi connectivity index (χ0v) is 6.93. The van der Waals surface area contributed by atoms with E-state index >= 15 is 0 Å². The minimum Gasteiger partial charge on any atom is -0.201 e. The van der Waals surface area contributed by atoms with Gasteiger partial charge in [0.2, 0.25) is 0 Å². The molecule has 0 aliphatic rings. The first-order valence-corrected chi connectivity index (χ1v) is 3.78. The second-order valence-electron chi connectivity index (χ2n) is 2.65. The van der Waals surface area contributed by atoms with Gasteiger partial charge in [0, 0.05) is 12.0 Å². The van der Waals surface area contributed by atoms with Gasteiger partial charge in [-0.25, -0.2) is 8.78 Å². The maximum Gasteiger partial charge on any atom is 0.273 e. The van der Waals surface area contributed by atoms with E-state index in [2.05, 4.69) is 6.92 Å². The lowest BCUT2D eigenvalue weighted by molar-refractivity contribution is -0.00171. The van der Waals surface area contributed by atoms with Crippen molar-refractivity contribution >= 4 is 0 Å². The summed E-state index contributed by atoms with van der Waals surface area (Å²) >= 11 is 0. The molecule has 0 unspecified atom stereocenters. The number of alkyl halides is 2. The van der Waals surface area contributed by atoms with Crippen LogP contribution in [0.25, 0.3) is 0 Å². The Balaban J connectivity index is 3.10. The van der Waals surface area contributed by atoms with E-state index < -0.39 is 12.3 Å². The summed E-state index contributed by atoms with van der Waals surface area (Å²) in [6, 6.07) is 7.22. The Morgan fingerprint density at radius 1 is 1.46 bits per heavy atom. The van der Waals surface area contributed by atoms with Crippen LogP contribution in [0.1, 0.15) is 17.5 Å². The van der Waals surface area contributed by atoms with Gasteiger partial charge in [-0.1, -0.05) is 12.1 Å². The fourth-order valence-electron chi connectivity index (χ4n) is 0.961. The van der Waals surface area contributed by atoms with Crippen LogP contribution >= 0.6 is 0 Å². The third-order valence-electron chi connectivity index (χ3n) is 1.73. The molecule has 0 N–H and O–H groups in total. The van der Waals surface area contributed by atoms with Gasteiger partial charge < -0.3 is 0 Å². The molecule has 1 aromatic carbocycles. The molecule has 1 nitrogen and oxygen atoms in total. The maximum atomic E-state index is 13.0. The van der Waals surface area contributed by atoms with Crippen LogP contribution in [-0.2, 0) is 5.92 Å². The molecule has 0 saturated carbocycles. The van der Waals surface area contributed by atoms with Crippen molar-refractivity contribution < 1.29 is 8.78 Å². The Kier molecular flexibility index (Phi) is 2.62. The van der Waals surface area contributed by atoms with E-state index in [-0.39, 0.29) is 11.1 Å². The summed E-state index contributed by atoms with van der Waals surface area (Å²) in [6.07, 6.45) is -0.498. The van der Waals surface area contributed by atoms with Gasteiger partial charge in [0.15, 0.2) is 0 Å². The van der Waals surface area contributed by atoms with Gasteiger partial charge in [0.25, 0.3) is 5.92 Å². The summed E-state index contributed by atoms with van der Waals surface area (Å²) in [5, 5.41) is 8.49. The molecule has 0 aliphatic carbocycles. The molecule has 0 fully saturated rings. The van der Waals surface area contributed by atoms with Crippen molar-refractivity contribution in [3.63, 3.8) is 0 Å². The van der Waals surface area contributed by atoms with Gasteiger partial charge >= 0.3 is 0 Å². The van der Waals surface area contributed by atoms with Crippen molar-refractivity contribution in [3.05, 3.63) is 42.3 Å². The fourth-order valence-corrected chi connectivity index (χ4v) is 0.961. The van der Waals surface area contributed by atoms with Crippen LogP contribution in [0.3, 0.4) is 0 Å². The van der Waals surface area contributed by atoms with Gasteiger partial charge in [-0.15, -0.1) is 0 Å². The maximum absolute atomic E-state index is 13.0. The third-order valence-corrected chi connectivity index (χ3v) is 1.73. The minimum atomic E-state index is -2.94. The van der Waals surface area contributed by atoms with E-state index in [9.17, 15) is 8.78 Å². The number of benzene rings is 1. The van der Waals surface area contributed by atoms with Crippen molar-refractivity contribution in [3.8, 4) is 6.07 Å². The molecular weight excluding hydrogens is 172 g/mol. The summed E-state index contributed by atoms with van der Waals surface area (Å²) in [5.74, 6) is -2.94. The van der Waals surface area contributed by atoms with Crippen molar-refractivity contribution in [2.45, 2.75) is 12.3 Å². The molecule has 0 spiro atoms. The number of nitriles is 1. The van der Waals surface area contributed by atoms with E-state index in [4.69, 9.17) is 5.26 Å². The van der Waals surface area contributed by atoms with Gasteiger partial charge in [0.05, 0.1) is 11.6 Å². The first-order chi connectivity index (χ1) is 6.10. The SMILES string of the molecule is [CH2]CC(F)(F)c1cccc(C#N)c1. The van der Waals surface area contributed by atoms with E-state index in [1.54, 1.807) is 0 Å². The van der Waals surface area contributed by atoms with Gasteiger partial charge in [0.1, 0.15) is 0 Å². The van der Waals surface area contributed by atoms with E-state index in [1.807, 2.05) is 6.07 Å². The molecule has 13 heavy (non-hydrogen) atoms. The molecule has 1 radical (unpaired) electrons. The summed E-state index contributed by atoms with van der Waals surface area (Å²) in [4.78, 5) is 0. The number of nitrogens with zero attached hydrogens (tertiary/aromatic N) is 1. The zero-order chi connectivity index (χ0) is 9.90. The summed E-state index contributed by atoms with van der Waals surface area (Å²) < 4.78 is 26.1. The lowest BCUT2D eigenvalue weighted by atomic mass is 10.0. The molecule has 0 saturated heterocycles. The van der Waals surface area contributed by atoms with Gasteiger partial charge in [-0.2, -0.15) is 5.26 Å². The molecule has 67 valence electrons. The van der Waals surface area contributed by atoms with Crippen LogP contribution in [-0.4, -0.2) is 0 Å².